The van der Waals surface area contributed by atoms with Crippen LogP contribution >= 0.6 is 0 Å². The Morgan fingerprint density at radius 1 is 1.62 bits per heavy atom. The van der Waals surface area contributed by atoms with Crippen molar-refractivity contribution in [2.45, 2.75) is 45.4 Å². The van der Waals surface area contributed by atoms with E-state index in [2.05, 4.69) is 5.32 Å². The van der Waals surface area contributed by atoms with E-state index in [4.69, 9.17) is 5.11 Å². The summed E-state index contributed by atoms with van der Waals surface area (Å²) in [5.41, 5.74) is -0.273. The van der Waals surface area contributed by atoms with E-state index in [0.29, 0.717) is 6.42 Å². The first-order valence-electron chi connectivity index (χ1n) is 4.52. The molecule has 1 saturated carbocycles. The lowest BCUT2D eigenvalue weighted by Crippen LogP contribution is -2.62. The molecule has 1 fully saturated rings. The topological polar surface area (TPSA) is 69.6 Å². The zero-order valence-corrected chi connectivity index (χ0v) is 8.24. The SMILES string of the molecule is C[C@H](O)C(=O)NC1CC(O)C1(C)C. The summed E-state index contributed by atoms with van der Waals surface area (Å²) in [5, 5.41) is 21.0. The van der Waals surface area contributed by atoms with Crippen LogP contribution in [-0.2, 0) is 4.79 Å². The molecule has 0 bridgehead atoms. The molecule has 0 aromatic rings. The van der Waals surface area contributed by atoms with Crippen molar-refractivity contribution in [3.05, 3.63) is 0 Å². The number of hydrogen-bond acceptors (Lipinski definition) is 3. The van der Waals surface area contributed by atoms with E-state index in [1.807, 2.05) is 13.8 Å². The maximum Gasteiger partial charge on any atom is 0.248 e. The molecule has 1 aliphatic rings. The van der Waals surface area contributed by atoms with Gasteiger partial charge in [0.15, 0.2) is 0 Å². The van der Waals surface area contributed by atoms with E-state index < -0.39 is 6.10 Å². The molecule has 0 radical (unpaired) electrons. The fourth-order valence-electron chi connectivity index (χ4n) is 1.44. The fraction of sp³-hybridized carbons (Fsp3) is 0.889. The highest BCUT2D eigenvalue weighted by atomic mass is 16.3. The highest BCUT2D eigenvalue weighted by Crippen LogP contribution is 2.40. The van der Waals surface area contributed by atoms with E-state index in [9.17, 15) is 9.90 Å². The van der Waals surface area contributed by atoms with Crippen LogP contribution in [0.2, 0.25) is 0 Å². The number of carbonyl (C=O) groups excluding carboxylic acids is 1. The maximum atomic E-state index is 11.1. The second-order valence-electron chi connectivity index (χ2n) is 4.31. The summed E-state index contributed by atoms with van der Waals surface area (Å²) in [4.78, 5) is 11.1. The van der Waals surface area contributed by atoms with E-state index in [1.54, 1.807) is 0 Å². The molecule has 0 spiro atoms. The summed E-state index contributed by atoms with van der Waals surface area (Å²) < 4.78 is 0. The number of nitrogens with one attached hydrogen (secondary N) is 1. The highest BCUT2D eigenvalue weighted by Gasteiger charge is 2.48. The van der Waals surface area contributed by atoms with Crippen LogP contribution in [0.1, 0.15) is 27.2 Å². The second-order valence-corrected chi connectivity index (χ2v) is 4.31. The van der Waals surface area contributed by atoms with Crippen molar-refractivity contribution < 1.29 is 15.0 Å². The van der Waals surface area contributed by atoms with Crippen molar-refractivity contribution in [1.82, 2.24) is 5.32 Å². The Hall–Kier alpha value is -0.610. The predicted octanol–water partition coefficient (Wildman–Crippen LogP) is -0.357. The number of hydrogen-bond donors (Lipinski definition) is 3. The number of aliphatic hydroxyl groups excluding tert-OH is 2. The Kier molecular flexibility index (Phi) is 2.63. The van der Waals surface area contributed by atoms with Crippen LogP contribution in [0.4, 0.5) is 0 Å². The van der Waals surface area contributed by atoms with E-state index in [0.717, 1.165) is 0 Å². The lowest BCUT2D eigenvalue weighted by atomic mass is 9.64. The van der Waals surface area contributed by atoms with Gasteiger partial charge in [-0.25, -0.2) is 0 Å². The molecule has 1 amide bonds. The Morgan fingerprint density at radius 2 is 2.15 bits per heavy atom. The van der Waals surface area contributed by atoms with Gasteiger partial charge in [-0.1, -0.05) is 13.8 Å². The van der Waals surface area contributed by atoms with Gasteiger partial charge < -0.3 is 15.5 Å². The first kappa shape index (κ1) is 10.5. The van der Waals surface area contributed by atoms with Gasteiger partial charge in [0.1, 0.15) is 6.10 Å². The number of carbonyl (C=O) groups is 1. The zero-order valence-electron chi connectivity index (χ0n) is 8.24. The van der Waals surface area contributed by atoms with Crippen molar-refractivity contribution >= 4 is 5.91 Å². The third kappa shape index (κ3) is 1.84. The predicted molar refractivity (Wildman–Crippen MR) is 48.0 cm³/mol. The molecule has 4 heteroatoms. The molecule has 4 nitrogen and oxygen atoms in total. The molecular formula is C9H17NO3. The van der Waals surface area contributed by atoms with Gasteiger partial charge in [-0.15, -0.1) is 0 Å². The van der Waals surface area contributed by atoms with Crippen molar-refractivity contribution in [2.24, 2.45) is 5.41 Å². The molecular weight excluding hydrogens is 170 g/mol. The van der Waals surface area contributed by atoms with Crippen LogP contribution in [0.25, 0.3) is 0 Å². The van der Waals surface area contributed by atoms with Crippen LogP contribution in [0.5, 0.6) is 0 Å². The molecule has 3 N–H and O–H groups in total. The van der Waals surface area contributed by atoms with Gasteiger partial charge in [0.05, 0.1) is 6.10 Å². The summed E-state index contributed by atoms with van der Waals surface area (Å²) in [6.45, 7) is 5.22. The highest BCUT2D eigenvalue weighted by molar-refractivity contribution is 5.80. The first-order chi connectivity index (χ1) is 5.85. The normalized spacial score (nSPS) is 33.3. The summed E-state index contributed by atoms with van der Waals surface area (Å²) >= 11 is 0. The minimum Gasteiger partial charge on any atom is -0.392 e. The van der Waals surface area contributed by atoms with Gasteiger partial charge in [0.25, 0.3) is 0 Å². The van der Waals surface area contributed by atoms with Gasteiger partial charge in [0, 0.05) is 11.5 Å². The molecule has 0 aromatic carbocycles. The van der Waals surface area contributed by atoms with Crippen LogP contribution in [0, 0.1) is 5.41 Å². The fourth-order valence-corrected chi connectivity index (χ4v) is 1.44. The Balaban J connectivity index is 2.45. The van der Waals surface area contributed by atoms with Gasteiger partial charge in [-0.2, -0.15) is 0 Å². The average molecular weight is 187 g/mol. The van der Waals surface area contributed by atoms with Gasteiger partial charge in [0.2, 0.25) is 5.91 Å². The van der Waals surface area contributed by atoms with Crippen molar-refractivity contribution in [2.75, 3.05) is 0 Å². The first-order valence-corrected chi connectivity index (χ1v) is 4.52. The summed E-state index contributed by atoms with van der Waals surface area (Å²) in [6, 6.07) is -0.0235. The minimum atomic E-state index is -0.978. The summed E-state index contributed by atoms with van der Waals surface area (Å²) in [5.74, 6) is -0.370. The molecule has 3 atom stereocenters. The van der Waals surface area contributed by atoms with Crippen molar-refractivity contribution in [1.29, 1.82) is 0 Å². The Morgan fingerprint density at radius 3 is 2.46 bits per heavy atom. The van der Waals surface area contributed by atoms with Gasteiger partial charge in [-0.05, 0) is 13.3 Å². The minimum absolute atomic E-state index is 0.0235. The molecule has 0 heterocycles. The average Bonchev–Trinajstić information content (AvgIpc) is 2.03. The van der Waals surface area contributed by atoms with Crippen molar-refractivity contribution in [3.8, 4) is 0 Å². The Labute approximate surface area is 78.0 Å². The summed E-state index contributed by atoms with van der Waals surface area (Å²) in [6.07, 6.45) is -0.758. The van der Waals surface area contributed by atoms with Crippen LogP contribution in [0.15, 0.2) is 0 Å². The number of aliphatic hydroxyl groups is 2. The maximum absolute atomic E-state index is 11.1. The van der Waals surface area contributed by atoms with E-state index >= 15 is 0 Å². The molecule has 0 aliphatic heterocycles. The number of amides is 1. The smallest absolute Gasteiger partial charge is 0.248 e. The zero-order chi connectivity index (χ0) is 10.2. The quantitative estimate of drug-likeness (QED) is 0.553. The largest absolute Gasteiger partial charge is 0.392 e. The Bertz CT molecular complexity index is 213. The van der Waals surface area contributed by atoms with Gasteiger partial charge >= 0.3 is 0 Å². The lowest BCUT2D eigenvalue weighted by molar-refractivity contribution is -0.136. The molecule has 76 valence electrons. The molecule has 2 unspecified atom stereocenters. The number of rotatable bonds is 2. The standard InChI is InChI=1S/C9H17NO3/c1-5(11)8(13)10-6-4-7(12)9(6,2)3/h5-7,11-12H,4H2,1-3H3,(H,10,13)/t5-,6?,7?/m0/s1. The second kappa shape index (κ2) is 3.27. The molecule has 1 rings (SSSR count). The van der Waals surface area contributed by atoms with Crippen LogP contribution in [0.3, 0.4) is 0 Å². The van der Waals surface area contributed by atoms with Crippen LogP contribution in [-0.4, -0.2) is 34.4 Å². The van der Waals surface area contributed by atoms with Gasteiger partial charge in [-0.3, -0.25) is 4.79 Å². The third-order valence-corrected chi connectivity index (χ3v) is 2.91. The van der Waals surface area contributed by atoms with Crippen LogP contribution < -0.4 is 5.32 Å². The molecule has 0 aromatic heterocycles. The van der Waals surface area contributed by atoms with E-state index in [1.165, 1.54) is 6.92 Å². The lowest BCUT2D eigenvalue weighted by Gasteiger charge is -2.49. The molecule has 0 saturated heterocycles. The van der Waals surface area contributed by atoms with E-state index in [-0.39, 0.29) is 23.5 Å². The molecule has 13 heavy (non-hydrogen) atoms. The summed E-state index contributed by atoms with van der Waals surface area (Å²) in [7, 11) is 0. The van der Waals surface area contributed by atoms with Crippen molar-refractivity contribution in [3.63, 3.8) is 0 Å². The molecule has 1 aliphatic carbocycles. The monoisotopic (exact) mass is 187 g/mol. The third-order valence-electron chi connectivity index (χ3n) is 2.91.